The Balaban J connectivity index is 2.47. The van der Waals surface area contributed by atoms with Gasteiger partial charge in [0.15, 0.2) is 5.96 Å². The molecule has 0 radical (unpaired) electrons. The van der Waals surface area contributed by atoms with Crippen molar-refractivity contribution in [3.05, 3.63) is 29.8 Å². The number of hydrogen-bond acceptors (Lipinski definition) is 2. The maximum absolute atomic E-state index is 5.70. The van der Waals surface area contributed by atoms with E-state index in [1.807, 2.05) is 69.2 Å². The number of hydrogen-bond donors (Lipinski definition) is 0. The molecule has 0 aliphatic carbocycles. The third-order valence-electron chi connectivity index (χ3n) is 2.50. The van der Waals surface area contributed by atoms with Crippen LogP contribution in [-0.2, 0) is 0 Å². The number of guanidine groups is 1. The third-order valence-corrected chi connectivity index (χ3v) is 2.50. The van der Waals surface area contributed by atoms with Gasteiger partial charge in [-0.25, -0.2) is 4.99 Å². The van der Waals surface area contributed by atoms with Gasteiger partial charge in [0.25, 0.3) is 0 Å². The zero-order chi connectivity index (χ0) is 13.5. The van der Waals surface area contributed by atoms with Crippen molar-refractivity contribution in [3.8, 4) is 5.75 Å². The second-order valence-electron chi connectivity index (χ2n) is 4.58. The van der Waals surface area contributed by atoms with Gasteiger partial charge in [-0.2, -0.15) is 0 Å². The van der Waals surface area contributed by atoms with Crippen molar-refractivity contribution in [2.75, 3.05) is 41.3 Å². The predicted molar refractivity (Wildman–Crippen MR) is 76.4 cm³/mol. The van der Waals surface area contributed by atoms with Crippen molar-refractivity contribution in [1.29, 1.82) is 0 Å². The smallest absolute Gasteiger partial charge is 0.195 e. The fourth-order valence-electron chi connectivity index (χ4n) is 1.70. The molecule has 100 valence electrons. The molecule has 4 heteroatoms. The molecule has 1 rings (SSSR count). The summed E-state index contributed by atoms with van der Waals surface area (Å²) in [6.07, 6.45) is 0. The lowest BCUT2D eigenvalue weighted by atomic mass is 10.2. The maximum Gasteiger partial charge on any atom is 0.195 e. The second-order valence-corrected chi connectivity index (χ2v) is 4.58. The minimum absolute atomic E-state index is 0.593. The van der Waals surface area contributed by atoms with Crippen molar-refractivity contribution in [2.24, 2.45) is 4.99 Å². The standard InChI is InChI=1S/C14H23N3O/c1-12-8-6-7-9-13(12)18-11-10-15-14(16(2)3)17(4)5/h6-9H,10-11H2,1-5H3. The fraction of sp³-hybridized carbons (Fsp3) is 0.500. The van der Waals surface area contributed by atoms with E-state index in [4.69, 9.17) is 4.74 Å². The van der Waals surface area contributed by atoms with Crippen molar-refractivity contribution >= 4 is 5.96 Å². The van der Waals surface area contributed by atoms with E-state index in [0.717, 1.165) is 17.3 Å². The highest BCUT2D eigenvalue weighted by Crippen LogP contribution is 2.15. The topological polar surface area (TPSA) is 28.1 Å². The second kappa shape index (κ2) is 6.89. The van der Waals surface area contributed by atoms with Crippen LogP contribution in [0, 0.1) is 6.92 Å². The average molecular weight is 249 g/mol. The quantitative estimate of drug-likeness (QED) is 0.463. The highest BCUT2D eigenvalue weighted by Gasteiger charge is 2.03. The Morgan fingerprint density at radius 3 is 2.28 bits per heavy atom. The normalized spacial score (nSPS) is 9.83. The number of aliphatic imine (C=N–C) groups is 1. The summed E-state index contributed by atoms with van der Waals surface area (Å²) in [7, 11) is 7.95. The Morgan fingerprint density at radius 1 is 1.11 bits per heavy atom. The molecule has 0 unspecified atom stereocenters. The number of aryl methyl sites for hydroxylation is 1. The van der Waals surface area contributed by atoms with E-state index in [9.17, 15) is 0 Å². The van der Waals surface area contributed by atoms with Crippen LogP contribution in [0.5, 0.6) is 5.75 Å². The van der Waals surface area contributed by atoms with Gasteiger partial charge in [-0.05, 0) is 18.6 Å². The van der Waals surface area contributed by atoms with Crippen molar-refractivity contribution in [1.82, 2.24) is 9.80 Å². The van der Waals surface area contributed by atoms with Gasteiger partial charge >= 0.3 is 0 Å². The molecule has 0 atom stereocenters. The fourth-order valence-corrected chi connectivity index (χ4v) is 1.70. The molecule has 0 spiro atoms. The molecule has 0 amide bonds. The summed E-state index contributed by atoms with van der Waals surface area (Å²) in [6.45, 7) is 3.29. The van der Waals surface area contributed by atoms with Gasteiger partial charge in [0.1, 0.15) is 12.4 Å². The van der Waals surface area contributed by atoms with E-state index in [1.54, 1.807) is 0 Å². The van der Waals surface area contributed by atoms with E-state index in [2.05, 4.69) is 4.99 Å². The van der Waals surface area contributed by atoms with Gasteiger partial charge in [-0.3, -0.25) is 0 Å². The first kappa shape index (κ1) is 14.4. The Kier molecular flexibility index (Phi) is 5.49. The largest absolute Gasteiger partial charge is 0.491 e. The van der Waals surface area contributed by atoms with Gasteiger partial charge in [0.05, 0.1) is 6.54 Å². The zero-order valence-corrected chi connectivity index (χ0v) is 12.0. The molecule has 0 saturated carbocycles. The molecule has 0 saturated heterocycles. The van der Waals surface area contributed by atoms with Crippen LogP contribution in [0.1, 0.15) is 5.56 Å². The van der Waals surface area contributed by atoms with E-state index in [1.165, 1.54) is 0 Å². The van der Waals surface area contributed by atoms with Crippen LogP contribution in [0.15, 0.2) is 29.3 Å². The van der Waals surface area contributed by atoms with E-state index in [-0.39, 0.29) is 0 Å². The lowest BCUT2D eigenvalue weighted by molar-refractivity contribution is 0.324. The van der Waals surface area contributed by atoms with Crippen LogP contribution in [0.4, 0.5) is 0 Å². The minimum atomic E-state index is 0.593. The molecular formula is C14H23N3O. The van der Waals surface area contributed by atoms with Crippen LogP contribution < -0.4 is 4.74 Å². The molecule has 0 fully saturated rings. The average Bonchev–Trinajstić information content (AvgIpc) is 2.30. The molecule has 0 N–H and O–H groups in total. The number of ether oxygens (including phenoxy) is 1. The van der Waals surface area contributed by atoms with Crippen LogP contribution in [0.2, 0.25) is 0 Å². The molecule has 18 heavy (non-hydrogen) atoms. The lowest BCUT2D eigenvalue weighted by Gasteiger charge is -2.22. The van der Waals surface area contributed by atoms with Crippen molar-refractivity contribution in [2.45, 2.75) is 6.92 Å². The van der Waals surface area contributed by atoms with Crippen LogP contribution >= 0.6 is 0 Å². The van der Waals surface area contributed by atoms with Gasteiger partial charge < -0.3 is 14.5 Å². The molecule has 0 aliphatic rings. The molecular weight excluding hydrogens is 226 g/mol. The SMILES string of the molecule is Cc1ccccc1OCCN=C(N(C)C)N(C)C. The number of para-hydroxylation sites is 1. The molecule has 1 aromatic rings. The van der Waals surface area contributed by atoms with Crippen LogP contribution in [0.3, 0.4) is 0 Å². The molecule has 0 aliphatic heterocycles. The Labute approximate surface area is 110 Å². The predicted octanol–water partition coefficient (Wildman–Crippen LogP) is 1.85. The summed E-state index contributed by atoms with van der Waals surface area (Å²) < 4.78 is 5.70. The minimum Gasteiger partial charge on any atom is -0.491 e. The highest BCUT2D eigenvalue weighted by molar-refractivity contribution is 5.79. The Morgan fingerprint density at radius 2 is 1.72 bits per heavy atom. The molecule has 1 aromatic carbocycles. The van der Waals surface area contributed by atoms with E-state index in [0.29, 0.717) is 13.2 Å². The van der Waals surface area contributed by atoms with Crippen LogP contribution in [-0.4, -0.2) is 57.1 Å². The molecule has 0 aromatic heterocycles. The lowest BCUT2D eigenvalue weighted by Crippen LogP contribution is -2.35. The number of benzene rings is 1. The highest BCUT2D eigenvalue weighted by atomic mass is 16.5. The first-order valence-corrected chi connectivity index (χ1v) is 6.10. The van der Waals surface area contributed by atoms with Gasteiger partial charge in [0.2, 0.25) is 0 Å². The monoisotopic (exact) mass is 249 g/mol. The molecule has 0 bridgehead atoms. The molecule has 0 heterocycles. The summed E-state index contributed by atoms with van der Waals surface area (Å²) in [4.78, 5) is 8.50. The summed E-state index contributed by atoms with van der Waals surface area (Å²) in [5.41, 5.74) is 1.15. The summed E-state index contributed by atoms with van der Waals surface area (Å²) in [5.74, 6) is 1.88. The first-order valence-electron chi connectivity index (χ1n) is 6.10. The summed E-state index contributed by atoms with van der Waals surface area (Å²) in [6, 6.07) is 8.02. The van der Waals surface area contributed by atoms with Crippen LogP contribution in [0.25, 0.3) is 0 Å². The van der Waals surface area contributed by atoms with Gasteiger partial charge in [0, 0.05) is 28.2 Å². The molecule has 4 nitrogen and oxygen atoms in total. The van der Waals surface area contributed by atoms with Gasteiger partial charge in [-0.1, -0.05) is 18.2 Å². The Bertz CT molecular complexity index is 390. The van der Waals surface area contributed by atoms with E-state index < -0.39 is 0 Å². The third kappa shape index (κ3) is 4.28. The van der Waals surface area contributed by atoms with E-state index >= 15 is 0 Å². The zero-order valence-electron chi connectivity index (χ0n) is 12.0. The van der Waals surface area contributed by atoms with Gasteiger partial charge in [-0.15, -0.1) is 0 Å². The number of nitrogens with zero attached hydrogens (tertiary/aromatic N) is 3. The van der Waals surface area contributed by atoms with Crippen molar-refractivity contribution < 1.29 is 4.74 Å². The first-order chi connectivity index (χ1) is 8.52. The van der Waals surface area contributed by atoms with Crippen molar-refractivity contribution in [3.63, 3.8) is 0 Å². The number of rotatable bonds is 4. The summed E-state index contributed by atoms with van der Waals surface area (Å²) >= 11 is 0. The maximum atomic E-state index is 5.70. The summed E-state index contributed by atoms with van der Waals surface area (Å²) in [5, 5.41) is 0. The Hall–Kier alpha value is -1.71.